The van der Waals surface area contributed by atoms with E-state index in [1.807, 2.05) is 48.5 Å². The van der Waals surface area contributed by atoms with Gasteiger partial charge in [0.25, 0.3) is 5.91 Å². The third-order valence-corrected chi connectivity index (χ3v) is 9.90. The predicted octanol–water partition coefficient (Wildman–Crippen LogP) is 5.96. The fraction of sp³-hybridized carbons (Fsp3) is 0.238. The number of amides is 4. The van der Waals surface area contributed by atoms with Gasteiger partial charge in [-0.15, -0.1) is 0 Å². The summed E-state index contributed by atoms with van der Waals surface area (Å²) in [6.45, 7) is 2.31. The van der Waals surface area contributed by atoms with Crippen molar-refractivity contribution in [2.75, 3.05) is 20.8 Å². The molecule has 6 aromatic rings. The van der Waals surface area contributed by atoms with E-state index in [-0.39, 0.29) is 11.9 Å². The summed E-state index contributed by atoms with van der Waals surface area (Å²) in [7, 11) is 2.51. The molecule has 16 heteroatoms. The van der Waals surface area contributed by atoms with Crippen LogP contribution in [-0.2, 0) is 19.1 Å². The number of H-pyrrole nitrogens is 2. The molecule has 3 unspecified atom stereocenters. The van der Waals surface area contributed by atoms with Gasteiger partial charge in [0.15, 0.2) is 0 Å². The highest BCUT2D eigenvalue weighted by molar-refractivity contribution is 5.88. The highest BCUT2D eigenvalue weighted by Crippen LogP contribution is 2.34. The van der Waals surface area contributed by atoms with Crippen LogP contribution in [0.15, 0.2) is 110 Å². The highest BCUT2D eigenvalue weighted by atomic mass is 16.5. The second kappa shape index (κ2) is 17.6. The van der Waals surface area contributed by atoms with Gasteiger partial charge in [-0.3, -0.25) is 19.6 Å². The maximum atomic E-state index is 13.9. The molecule has 0 bridgehead atoms. The zero-order valence-electron chi connectivity index (χ0n) is 32.0. The summed E-state index contributed by atoms with van der Waals surface area (Å²) >= 11 is 0. The number of carbonyl (C=O) groups is 4. The van der Waals surface area contributed by atoms with Crippen LogP contribution in [0.3, 0.4) is 0 Å². The molecule has 1 aliphatic rings. The van der Waals surface area contributed by atoms with Gasteiger partial charge in [-0.2, -0.15) is 0 Å². The predicted molar refractivity (Wildman–Crippen MR) is 212 cm³/mol. The minimum absolute atomic E-state index is 0.233. The third kappa shape index (κ3) is 8.70. The van der Waals surface area contributed by atoms with Gasteiger partial charge in [-0.05, 0) is 36.5 Å². The Morgan fingerprint density at radius 3 is 1.90 bits per heavy atom. The van der Waals surface area contributed by atoms with E-state index < -0.39 is 36.2 Å². The van der Waals surface area contributed by atoms with Crippen molar-refractivity contribution >= 4 is 24.0 Å². The average Bonchev–Trinajstić information content (AvgIpc) is 4.07. The van der Waals surface area contributed by atoms with Gasteiger partial charge in [0, 0.05) is 12.1 Å². The van der Waals surface area contributed by atoms with Crippen molar-refractivity contribution in [2.24, 2.45) is 0 Å². The van der Waals surface area contributed by atoms with Crippen LogP contribution in [0.25, 0.3) is 33.9 Å². The Hall–Kier alpha value is -7.36. The second-order valence-corrected chi connectivity index (χ2v) is 13.6. The quantitative estimate of drug-likeness (QED) is 0.0984. The van der Waals surface area contributed by atoms with E-state index in [4.69, 9.17) is 9.47 Å². The molecule has 58 heavy (non-hydrogen) atoms. The molecule has 0 saturated carbocycles. The van der Waals surface area contributed by atoms with E-state index in [1.165, 1.54) is 14.2 Å². The topological polar surface area (TPSA) is 209 Å². The van der Waals surface area contributed by atoms with Crippen molar-refractivity contribution in [3.8, 4) is 33.9 Å². The van der Waals surface area contributed by atoms with Crippen molar-refractivity contribution in [3.63, 3.8) is 0 Å². The number of carbonyl (C=O) groups excluding carboxylic acids is 4. The van der Waals surface area contributed by atoms with Gasteiger partial charge >= 0.3 is 12.2 Å². The molecule has 4 amide bonds. The molecule has 7 rings (SSSR count). The molecule has 4 heterocycles. The fourth-order valence-corrected chi connectivity index (χ4v) is 6.85. The first-order valence-corrected chi connectivity index (χ1v) is 18.6. The molecule has 4 atom stereocenters. The number of rotatable bonds is 12. The summed E-state index contributed by atoms with van der Waals surface area (Å²) in [6, 6.07) is 23.1. The van der Waals surface area contributed by atoms with Crippen LogP contribution in [-0.4, -0.2) is 79.6 Å². The lowest BCUT2D eigenvalue weighted by molar-refractivity contribution is -0.134. The molecule has 0 spiro atoms. The molecule has 1 aliphatic heterocycles. The molecular formula is C42H42N10O6. The lowest BCUT2D eigenvalue weighted by Gasteiger charge is -2.28. The molecule has 296 valence electrons. The first-order valence-electron chi connectivity index (χ1n) is 18.6. The van der Waals surface area contributed by atoms with Crippen LogP contribution in [0.2, 0.25) is 0 Å². The van der Waals surface area contributed by atoms with Crippen LogP contribution in [0.5, 0.6) is 0 Å². The number of benzene rings is 3. The molecule has 16 nitrogen and oxygen atoms in total. The molecule has 3 aromatic carbocycles. The van der Waals surface area contributed by atoms with Gasteiger partial charge < -0.3 is 40.3 Å². The van der Waals surface area contributed by atoms with Gasteiger partial charge in [0.05, 0.1) is 68.2 Å². The van der Waals surface area contributed by atoms with E-state index in [2.05, 4.69) is 45.9 Å². The number of nitrogens with zero attached hydrogens (tertiary/aromatic N) is 5. The van der Waals surface area contributed by atoms with E-state index in [9.17, 15) is 19.2 Å². The minimum Gasteiger partial charge on any atom is -0.453 e. The van der Waals surface area contributed by atoms with Gasteiger partial charge in [-0.25, -0.2) is 19.6 Å². The van der Waals surface area contributed by atoms with Crippen molar-refractivity contribution < 1.29 is 28.7 Å². The highest BCUT2D eigenvalue weighted by Gasteiger charge is 2.37. The largest absolute Gasteiger partial charge is 0.453 e. The normalized spacial score (nSPS) is 15.2. The summed E-state index contributed by atoms with van der Waals surface area (Å²) < 4.78 is 9.53. The number of hydrogen-bond donors (Lipinski definition) is 5. The molecule has 0 radical (unpaired) electrons. The molecule has 3 aromatic heterocycles. The number of imidazole rings is 2. The Kier molecular flexibility index (Phi) is 11.8. The Morgan fingerprint density at radius 1 is 0.672 bits per heavy atom. The van der Waals surface area contributed by atoms with Crippen LogP contribution >= 0.6 is 0 Å². The van der Waals surface area contributed by atoms with Crippen molar-refractivity contribution in [1.82, 2.24) is 50.8 Å². The maximum absolute atomic E-state index is 13.9. The molecular weight excluding hydrogens is 741 g/mol. The Balaban J connectivity index is 0.990. The summed E-state index contributed by atoms with van der Waals surface area (Å²) in [5.41, 5.74) is 5.67. The zero-order chi connectivity index (χ0) is 40.6. The number of alkyl carbamates (subject to hydrolysis) is 2. The molecule has 0 aliphatic carbocycles. The second-order valence-electron chi connectivity index (χ2n) is 13.6. The number of likely N-dealkylation sites (tertiary alicyclic amines) is 1. The number of hydrogen-bond acceptors (Lipinski definition) is 10. The number of nitrogens with one attached hydrogen (secondary N) is 5. The SMILES string of the molecule is COC(=O)NC(C(=O)NC(C)c1ncc(-c2cnc(-c3ccc(-c4cnc([C@@H]5CCCN5C(=O)C(NC(=O)OC)c5ccccc5)[nH]4)cc3)cn2)[nH]1)c1ccccc1. The zero-order valence-corrected chi connectivity index (χ0v) is 32.0. The summed E-state index contributed by atoms with van der Waals surface area (Å²) in [5.74, 6) is 0.502. The Morgan fingerprint density at radius 2 is 1.26 bits per heavy atom. The summed E-state index contributed by atoms with van der Waals surface area (Å²) in [6.07, 6.45) is 6.82. The van der Waals surface area contributed by atoms with Crippen LogP contribution in [0, 0.1) is 0 Å². The molecule has 1 fully saturated rings. The smallest absolute Gasteiger partial charge is 0.407 e. The van der Waals surface area contributed by atoms with Crippen molar-refractivity contribution in [1.29, 1.82) is 0 Å². The van der Waals surface area contributed by atoms with Crippen molar-refractivity contribution in [3.05, 3.63) is 132 Å². The van der Waals surface area contributed by atoms with E-state index in [1.54, 1.807) is 73.0 Å². The third-order valence-electron chi connectivity index (χ3n) is 9.90. The first kappa shape index (κ1) is 38.9. The fourth-order valence-electron chi connectivity index (χ4n) is 6.85. The van der Waals surface area contributed by atoms with Gasteiger partial charge in [-0.1, -0.05) is 84.9 Å². The van der Waals surface area contributed by atoms with Gasteiger partial charge in [0.1, 0.15) is 29.4 Å². The Bertz CT molecular complexity index is 2350. The van der Waals surface area contributed by atoms with Gasteiger partial charge in [0.2, 0.25) is 5.91 Å². The minimum atomic E-state index is -0.965. The average molecular weight is 783 g/mol. The lowest BCUT2D eigenvalue weighted by Crippen LogP contribution is -2.42. The monoisotopic (exact) mass is 782 g/mol. The van der Waals surface area contributed by atoms with Crippen molar-refractivity contribution in [2.45, 2.75) is 43.9 Å². The maximum Gasteiger partial charge on any atom is 0.407 e. The summed E-state index contributed by atoms with van der Waals surface area (Å²) in [4.78, 5) is 78.0. The first-order chi connectivity index (χ1) is 28.2. The number of aromatic amines is 2. The number of ether oxygens (including phenoxy) is 2. The number of aromatic nitrogens is 6. The Labute approximate surface area is 333 Å². The molecule has 1 saturated heterocycles. The standard InChI is InChI=1S/C42H42N10O6/c1-25(47-39(53)35(50-41(55)57-2)28-11-6-4-7-12-28)37-45-24-33(49-37)32-23-43-30(21-44-32)26-16-18-27(19-17-26)31-22-46-38(48-31)34-15-10-20-52(34)40(54)36(51-42(56)58-3)29-13-8-5-9-14-29/h4-9,11-14,16-19,21-25,34-36H,10,15,20H2,1-3H3,(H,45,49)(H,46,48)(H,47,53)(H,50,55)(H,51,56)/t25?,34-,35?,36?/m0/s1. The summed E-state index contributed by atoms with van der Waals surface area (Å²) in [5, 5.41) is 8.17. The van der Waals surface area contributed by atoms with E-state index in [0.29, 0.717) is 46.4 Å². The number of methoxy groups -OCH3 is 2. The van der Waals surface area contributed by atoms with Crippen LogP contribution < -0.4 is 16.0 Å². The van der Waals surface area contributed by atoms with Crippen LogP contribution in [0.4, 0.5) is 9.59 Å². The van der Waals surface area contributed by atoms with E-state index >= 15 is 0 Å². The lowest BCUT2D eigenvalue weighted by atomic mass is 10.1. The van der Waals surface area contributed by atoms with E-state index in [0.717, 1.165) is 29.7 Å². The molecule has 5 N–H and O–H groups in total. The van der Waals surface area contributed by atoms with Crippen LogP contribution in [0.1, 0.15) is 66.7 Å².